The Hall–Kier alpha value is -1.76. The highest BCUT2D eigenvalue weighted by Gasteiger charge is 2.19. The number of hydrogen-bond donors (Lipinski definition) is 2. The monoisotopic (exact) mass is 301 g/mol. The molecule has 0 heterocycles. The predicted molar refractivity (Wildman–Crippen MR) is 74.5 cm³/mol. The molecule has 1 aromatic rings. The molecular formula is C13H16FNO4S. The second-order valence-corrected chi connectivity index (χ2v) is 4.97. The fraction of sp³-hybridized carbons (Fsp3) is 0.385. The molecule has 1 rings (SSSR count). The quantitative estimate of drug-likeness (QED) is 0.761. The zero-order valence-electron chi connectivity index (χ0n) is 11.0. The third-order valence-electron chi connectivity index (χ3n) is 2.41. The van der Waals surface area contributed by atoms with Gasteiger partial charge in [0.1, 0.15) is 17.6 Å². The van der Waals surface area contributed by atoms with Crippen LogP contribution in [-0.2, 0) is 9.59 Å². The molecule has 0 saturated carbocycles. The lowest BCUT2D eigenvalue weighted by atomic mass is 10.2. The van der Waals surface area contributed by atoms with Crippen LogP contribution in [0.15, 0.2) is 24.3 Å². The highest BCUT2D eigenvalue weighted by molar-refractivity contribution is 7.98. The molecule has 0 aliphatic carbocycles. The molecule has 0 aliphatic rings. The van der Waals surface area contributed by atoms with E-state index in [-0.39, 0.29) is 12.4 Å². The molecule has 1 atom stereocenters. The Kier molecular flexibility index (Phi) is 6.86. The second kappa shape index (κ2) is 8.42. The van der Waals surface area contributed by atoms with Crippen molar-refractivity contribution in [3.8, 4) is 5.75 Å². The van der Waals surface area contributed by atoms with Gasteiger partial charge in [-0.05, 0) is 30.6 Å². The first kappa shape index (κ1) is 16.3. The molecule has 7 heteroatoms. The molecule has 1 aromatic carbocycles. The summed E-state index contributed by atoms with van der Waals surface area (Å²) in [6, 6.07) is 4.44. The molecule has 20 heavy (non-hydrogen) atoms. The first-order valence-corrected chi connectivity index (χ1v) is 7.31. The number of carbonyl (C=O) groups is 2. The van der Waals surface area contributed by atoms with Gasteiger partial charge >= 0.3 is 5.97 Å². The van der Waals surface area contributed by atoms with Gasteiger partial charge in [-0.3, -0.25) is 4.79 Å². The van der Waals surface area contributed by atoms with Crippen LogP contribution in [0.5, 0.6) is 5.75 Å². The molecule has 1 amide bonds. The minimum Gasteiger partial charge on any atom is -0.484 e. The van der Waals surface area contributed by atoms with Crippen LogP contribution in [-0.4, -0.2) is 41.6 Å². The van der Waals surface area contributed by atoms with Crippen molar-refractivity contribution < 1.29 is 23.8 Å². The van der Waals surface area contributed by atoms with Crippen molar-refractivity contribution in [1.82, 2.24) is 5.32 Å². The van der Waals surface area contributed by atoms with Crippen molar-refractivity contribution in [1.29, 1.82) is 0 Å². The normalized spacial score (nSPS) is 11.7. The zero-order valence-corrected chi connectivity index (χ0v) is 11.8. The van der Waals surface area contributed by atoms with E-state index >= 15 is 0 Å². The number of ether oxygens (including phenoxy) is 1. The van der Waals surface area contributed by atoms with Crippen LogP contribution >= 0.6 is 11.8 Å². The van der Waals surface area contributed by atoms with Gasteiger partial charge in [-0.15, -0.1) is 0 Å². The van der Waals surface area contributed by atoms with Crippen LogP contribution < -0.4 is 10.1 Å². The molecule has 0 fully saturated rings. The molecule has 2 N–H and O–H groups in total. The number of halogens is 1. The minimum atomic E-state index is -1.09. The zero-order chi connectivity index (χ0) is 15.0. The third kappa shape index (κ3) is 5.92. The summed E-state index contributed by atoms with van der Waals surface area (Å²) in [6.07, 6.45) is 2.19. The standard InChI is InChI=1S/C13H16FNO4S/c1-20-6-5-11(13(17)18)15-12(16)8-19-10-4-2-3-9(14)7-10/h2-4,7,11H,5-6,8H2,1H3,(H,15,16)(H,17,18)/t11-/m0/s1. The first-order valence-electron chi connectivity index (χ1n) is 5.92. The summed E-state index contributed by atoms with van der Waals surface area (Å²) in [5.41, 5.74) is 0. The third-order valence-corrected chi connectivity index (χ3v) is 3.05. The van der Waals surface area contributed by atoms with E-state index < -0.39 is 23.7 Å². The van der Waals surface area contributed by atoms with Crippen molar-refractivity contribution in [3.63, 3.8) is 0 Å². The maximum Gasteiger partial charge on any atom is 0.326 e. The van der Waals surface area contributed by atoms with Crippen molar-refractivity contribution in [3.05, 3.63) is 30.1 Å². The molecule has 0 spiro atoms. The maximum absolute atomic E-state index is 12.9. The van der Waals surface area contributed by atoms with E-state index in [0.29, 0.717) is 12.2 Å². The predicted octanol–water partition coefficient (Wildman–Crippen LogP) is 1.53. The number of benzene rings is 1. The second-order valence-electron chi connectivity index (χ2n) is 3.99. The number of amides is 1. The number of carboxylic acid groups (broad SMARTS) is 1. The summed E-state index contributed by atoms with van der Waals surface area (Å²) in [5.74, 6) is -1.26. The molecular weight excluding hydrogens is 285 g/mol. The van der Waals surface area contributed by atoms with Gasteiger partial charge in [-0.1, -0.05) is 6.07 Å². The summed E-state index contributed by atoms with van der Waals surface area (Å²) in [4.78, 5) is 22.5. The molecule has 0 aliphatic heterocycles. The highest BCUT2D eigenvalue weighted by Crippen LogP contribution is 2.11. The fourth-order valence-electron chi connectivity index (χ4n) is 1.43. The molecule has 0 bridgehead atoms. The maximum atomic E-state index is 12.9. The van der Waals surface area contributed by atoms with Gasteiger partial charge in [-0.25, -0.2) is 9.18 Å². The Morgan fingerprint density at radius 3 is 2.85 bits per heavy atom. The van der Waals surface area contributed by atoms with E-state index in [0.717, 1.165) is 6.07 Å². The topological polar surface area (TPSA) is 75.6 Å². The Morgan fingerprint density at radius 1 is 1.50 bits per heavy atom. The van der Waals surface area contributed by atoms with Gasteiger partial charge in [0.2, 0.25) is 0 Å². The number of carboxylic acids is 1. The molecule has 0 saturated heterocycles. The van der Waals surface area contributed by atoms with Gasteiger partial charge < -0.3 is 15.2 Å². The average Bonchev–Trinajstić information content (AvgIpc) is 2.41. The number of thioether (sulfide) groups is 1. The van der Waals surface area contributed by atoms with Crippen molar-refractivity contribution in [2.75, 3.05) is 18.6 Å². The lowest BCUT2D eigenvalue weighted by molar-refractivity contribution is -0.142. The van der Waals surface area contributed by atoms with Gasteiger partial charge in [0, 0.05) is 6.07 Å². The van der Waals surface area contributed by atoms with Crippen LogP contribution in [0.1, 0.15) is 6.42 Å². The van der Waals surface area contributed by atoms with Crippen LogP contribution in [0, 0.1) is 5.82 Å². The summed E-state index contributed by atoms with van der Waals surface area (Å²) < 4.78 is 18.0. The van der Waals surface area contributed by atoms with Crippen LogP contribution in [0.4, 0.5) is 4.39 Å². The average molecular weight is 301 g/mol. The summed E-state index contributed by atoms with van der Waals surface area (Å²) in [7, 11) is 0. The Labute approximate surface area is 120 Å². The first-order chi connectivity index (χ1) is 9.52. The lowest BCUT2D eigenvalue weighted by Crippen LogP contribution is -2.43. The number of hydrogen-bond acceptors (Lipinski definition) is 4. The molecule has 0 aromatic heterocycles. The van der Waals surface area contributed by atoms with Crippen LogP contribution in [0.2, 0.25) is 0 Å². The number of nitrogens with one attached hydrogen (secondary N) is 1. The molecule has 0 unspecified atom stereocenters. The fourth-order valence-corrected chi connectivity index (χ4v) is 1.91. The van der Waals surface area contributed by atoms with E-state index in [9.17, 15) is 14.0 Å². The van der Waals surface area contributed by atoms with Crippen molar-refractivity contribution >= 4 is 23.6 Å². The van der Waals surface area contributed by atoms with Crippen LogP contribution in [0.25, 0.3) is 0 Å². The highest BCUT2D eigenvalue weighted by atomic mass is 32.2. The van der Waals surface area contributed by atoms with E-state index in [4.69, 9.17) is 9.84 Å². The Balaban J connectivity index is 2.43. The van der Waals surface area contributed by atoms with E-state index in [1.807, 2.05) is 6.26 Å². The van der Waals surface area contributed by atoms with E-state index in [1.165, 1.54) is 30.0 Å². The van der Waals surface area contributed by atoms with Crippen molar-refractivity contribution in [2.24, 2.45) is 0 Å². The van der Waals surface area contributed by atoms with Gasteiger partial charge in [0.15, 0.2) is 6.61 Å². The number of aliphatic carboxylic acids is 1. The molecule has 5 nitrogen and oxygen atoms in total. The van der Waals surface area contributed by atoms with Gasteiger partial charge in [-0.2, -0.15) is 11.8 Å². The van der Waals surface area contributed by atoms with E-state index in [1.54, 1.807) is 0 Å². The molecule has 0 radical (unpaired) electrons. The van der Waals surface area contributed by atoms with Crippen LogP contribution in [0.3, 0.4) is 0 Å². The van der Waals surface area contributed by atoms with Gasteiger partial charge in [0.05, 0.1) is 0 Å². The van der Waals surface area contributed by atoms with E-state index in [2.05, 4.69) is 5.32 Å². The summed E-state index contributed by atoms with van der Waals surface area (Å²) in [6.45, 7) is -0.355. The number of rotatable bonds is 8. The Bertz CT molecular complexity index is 469. The van der Waals surface area contributed by atoms with Crippen molar-refractivity contribution in [2.45, 2.75) is 12.5 Å². The largest absolute Gasteiger partial charge is 0.484 e. The number of carbonyl (C=O) groups excluding carboxylic acids is 1. The summed E-state index contributed by atoms with van der Waals surface area (Å²) >= 11 is 1.50. The molecule has 110 valence electrons. The van der Waals surface area contributed by atoms with Gasteiger partial charge in [0.25, 0.3) is 5.91 Å². The summed E-state index contributed by atoms with van der Waals surface area (Å²) in [5, 5.41) is 11.3. The SMILES string of the molecule is CSCC[C@H](NC(=O)COc1cccc(F)c1)C(=O)O. The Morgan fingerprint density at radius 2 is 2.25 bits per heavy atom. The minimum absolute atomic E-state index is 0.219. The lowest BCUT2D eigenvalue weighted by Gasteiger charge is -2.14. The smallest absolute Gasteiger partial charge is 0.326 e.